The summed E-state index contributed by atoms with van der Waals surface area (Å²) in [5, 5.41) is 0. The Balaban J connectivity index is 2.12. The molecule has 2 N–H and O–H groups in total. The van der Waals surface area contributed by atoms with Gasteiger partial charge in [0.15, 0.2) is 5.43 Å². The number of primary amides is 1. The molecular formula is C17H17FN2O2. The fraction of sp³-hybridized carbons (Fsp3) is 0.294. The van der Waals surface area contributed by atoms with Gasteiger partial charge in [0.2, 0.25) is 0 Å². The maximum Gasteiger partial charge on any atom is 0.254 e. The van der Waals surface area contributed by atoms with Crippen molar-refractivity contribution in [3.8, 4) is 0 Å². The van der Waals surface area contributed by atoms with Gasteiger partial charge in [-0.25, -0.2) is 4.39 Å². The highest BCUT2D eigenvalue weighted by Crippen LogP contribution is 2.20. The quantitative estimate of drug-likeness (QED) is 0.942. The van der Waals surface area contributed by atoms with Gasteiger partial charge in [-0.05, 0) is 43.4 Å². The topological polar surface area (TPSA) is 65.1 Å². The van der Waals surface area contributed by atoms with E-state index in [2.05, 4.69) is 0 Å². The molecule has 22 heavy (non-hydrogen) atoms. The van der Waals surface area contributed by atoms with Crippen molar-refractivity contribution in [3.05, 3.63) is 68.9 Å². The minimum absolute atomic E-state index is 0.0112. The number of hydrogen-bond donors (Lipinski definition) is 1. The van der Waals surface area contributed by atoms with Gasteiger partial charge in [-0.15, -0.1) is 0 Å². The van der Waals surface area contributed by atoms with Crippen molar-refractivity contribution in [2.24, 2.45) is 5.73 Å². The molecule has 1 aliphatic rings. The number of rotatable bonds is 3. The van der Waals surface area contributed by atoms with Crippen LogP contribution in [0, 0.1) is 5.82 Å². The average molecular weight is 300 g/mol. The molecule has 114 valence electrons. The molecule has 5 heteroatoms. The summed E-state index contributed by atoms with van der Waals surface area (Å²) in [6.07, 6.45) is 4.91. The number of pyridine rings is 1. The van der Waals surface area contributed by atoms with Gasteiger partial charge in [0.05, 0.1) is 0 Å². The van der Waals surface area contributed by atoms with Crippen LogP contribution >= 0.6 is 0 Å². The smallest absolute Gasteiger partial charge is 0.254 e. The number of fused-ring (bicyclic) bond motifs is 1. The lowest BCUT2D eigenvalue weighted by Gasteiger charge is -2.22. The SMILES string of the molecule is NC(=O)c1cn(Cc2cccc(F)c2)c2c(c1=O)CCCC2. The molecule has 4 nitrogen and oxygen atoms in total. The fourth-order valence-electron chi connectivity index (χ4n) is 3.05. The zero-order valence-corrected chi connectivity index (χ0v) is 12.1. The molecule has 0 unspecified atom stereocenters. The van der Waals surface area contributed by atoms with Crippen molar-refractivity contribution in [2.45, 2.75) is 32.2 Å². The van der Waals surface area contributed by atoms with E-state index in [9.17, 15) is 14.0 Å². The summed E-state index contributed by atoms with van der Waals surface area (Å²) in [4.78, 5) is 23.9. The zero-order chi connectivity index (χ0) is 15.7. The summed E-state index contributed by atoms with van der Waals surface area (Å²) in [7, 11) is 0. The highest BCUT2D eigenvalue weighted by Gasteiger charge is 2.20. The second-order valence-electron chi connectivity index (χ2n) is 5.63. The van der Waals surface area contributed by atoms with Crippen LogP contribution in [0.5, 0.6) is 0 Å². The van der Waals surface area contributed by atoms with E-state index in [0.717, 1.165) is 30.5 Å². The molecule has 1 amide bonds. The fourth-order valence-corrected chi connectivity index (χ4v) is 3.05. The number of carbonyl (C=O) groups excluding carboxylic acids is 1. The largest absolute Gasteiger partial charge is 0.365 e. The van der Waals surface area contributed by atoms with Gasteiger partial charge < -0.3 is 10.3 Å². The predicted octanol–water partition coefficient (Wildman–Crippen LogP) is 2.01. The second-order valence-corrected chi connectivity index (χ2v) is 5.63. The first-order valence-electron chi connectivity index (χ1n) is 7.35. The van der Waals surface area contributed by atoms with E-state index in [1.54, 1.807) is 6.07 Å². The van der Waals surface area contributed by atoms with Crippen LogP contribution in [0.1, 0.15) is 40.0 Å². The van der Waals surface area contributed by atoms with Gasteiger partial charge in [-0.3, -0.25) is 9.59 Å². The van der Waals surface area contributed by atoms with Crippen LogP contribution in [0.3, 0.4) is 0 Å². The summed E-state index contributed by atoms with van der Waals surface area (Å²) in [6, 6.07) is 6.31. The molecule has 0 atom stereocenters. The number of nitrogens with two attached hydrogens (primary N) is 1. The van der Waals surface area contributed by atoms with Crippen molar-refractivity contribution in [1.29, 1.82) is 0 Å². The van der Waals surface area contributed by atoms with E-state index >= 15 is 0 Å². The summed E-state index contributed by atoms with van der Waals surface area (Å²) in [5.74, 6) is -1.02. The number of benzene rings is 1. The van der Waals surface area contributed by atoms with Crippen LogP contribution in [0.25, 0.3) is 0 Å². The molecule has 1 aromatic heterocycles. The summed E-state index contributed by atoms with van der Waals surface area (Å²) < 4.78 is 15.2. The van der Waals surface area contributed by atoms with Crippen LogP contribution in [-0.4, -0.2) is 10.5 Å². The first-order chi connectivity index (χ1) is 10.6. The molecule has 1 aromatic carbocycles. The Morgan fingerprint density at radius 3 is 2.77 bits per heavy atom. The molecule has 0 saturated heterocycles. The van der Waals surface area contributed by atoms with Crippen LogP contribution in [0.2, 0.25) is 0 Å². The van der Waals surface area contributed by atoms with Crippen LogP contribution < -0.4 is 11.2 Å². The van der Waals surface area contributed by atoms with Gasteiger partial charge in [-0.2, -0.15) is 0 Å². The molecule has 0 bridgehead atoms. The number of amides is 1. The third-order valence-corrected chi connectivity index (χ3v) is 4.10. The first kappa shape index (κ1) is 14.5. The summed E-state index contributed by atoms with van der Waals surface area (Å²) in [5.41, 5.74) is 7.48. The number of nitrogens with zero attached hydrogens (tertiary/aromatic N) is 1. The van der Waals surface area contributed by atoms with E-state index in [1.807, 2.05) is 10.6 Å². The number of halogens is 1. The van der Waals surface area contributed by atoms with Crippen molar-refractivity contribution in [1.82, 2.24) is 4.57 Å². The van der Waals surface area contributed by atoms with Crippen molar-refractivity contribution < 1.29 is 9.18 Å². The Morgan fingerprint density at radius 1 is 1.27 bits per heavy atom. The van der Waals surface area contributed by atoms with E-state index in [-0.39, 0.29) is 16.8 Å². The Morgan fingerprint density at radius 2 is 2.05 bits per heavy atom. The molecule has 1 aliphatic carbocycles. The highest BCUT2D eigenvalue weighted by molar-refractivity contribution is 5.92. The molecule has 3 rings (SSSR count). The van der Waals surface area contributed by atoms with Gasteiger partial charge >= 0.3 is 0 Å². The van der Waals surface area contributed by atoms with Gasteiger partial charge in [0.1, 0.15) is 11.4 Å². The second kappa shape index (κ2) is 5.75. The monoisotopic (exact) mass is 300 g/mol. The van der Waals surface area contributed by atoms with Crippen molar-refractivity contribution in [3.63, 3.8) is 0 Å². The Kier molecular flexibility index (Phi) is 3.79. The molecule has 0 fully saturated rings. The average Bonchev–Trinajstić information content (AvgIpc) is 2.50. The van der Waals surface area contributed by atoms with E-state index in [4.69, 9.17) is 5.73 Å². The third-order valence-electron chi connectivity index (χ3n) is 4.10. The first-order valence-corrected chi connectivity index (χ1v) is 7.35. The third kappa shape index (κ3) is 2.66. The number of carbonyl (C=O) groups is 1. The maximum absolute atomic E-state index is 13.3. The molecule has 0 aliphatic heterocycles. The molecule has 1 heterocycles. The normalized spacial score (nSPS) is 13.7. The minimum Gasteiger partial charge on any atom is -0.365 e. The lowest BCUT2D eigenvalue weighted by Crippen LogP contribution is -2.30. The lowest BCUT2D eigenvalue weighted by atomic mass is 9.93. The predicted molar refractivity (Wildman–Crippen MR) is 81.4 cm³/mol. The molecule has 0 saturated carbocycles. The molecule has 0 spiro atoms. The number of hydrogen-bond acceptors (Lipinski definition) is 2. The van der Waals surface area contributed by atoms with E-state index in [0.29, 0.717) is 18.5 Å². The lowest BCUT2D eigenvalue weighted by molar-refractivity contribution is 0.0998. The Hall–Kier alpha value is -2.43. The highest BCUT2D eigenvalue weighted by atomic mass is 19.1. The van der Waals surface area contributed by atoms with Crippen molar-refractivity contribution >= 4 is 5.91 Å². The summed E-state index contributed by atoms with van der Waals surface area (Å²) in [6.45, 7) is 0.417. The Bertz CT molecular complexity index is 796. The van der Waals surface area contributed by atoms with Gasteiger partial charge in [0, 0.05) is 24.0 Å². The maximum atomic E-state index is 13.3. The zero-order valence-electron chi connectivity index (χ0n) is 12.1. The van der Waals surface area contributed by atoms with Gasteiger partial charge in [-0.1, -0.05) is 12.1 Å². The number of aromatic nitrogens is 1. The molecule has 2 aromatic rings. The van der Waals surface area contributed by atoms with Crippen LogP contribution in [0.15, 0.2) is 35.3 Å². The van der Waals surface area contributed by atoms with Gasteiger partial charge in [0.25, 0.3) is 5.91 Å². The van der Waals surface area contributed by atoms with Crippen LogP contribution in [0.4, 0.5) is 4.39 Å². The minimum atomic E-state index is -0.716. The van der Waals surface area contributed by atoms with E-state index in [1.165, 1.54) is 18.3 Å². The standard InChI is InChI=1S/C17H17FN2O2/c18-12-5-3-4-11(8-12)9-20-10-14(17(19)22)16(21)13-6-1-2-7-15(13)20/h3-5,8,10H,1-2,6-7,9H2,(H2,19,22). The molecule has 0 radical (unpaired) electrons. The van der Waals surface area contributed by atoms with Crippen LogP contribution in [-0.2, 0) is 19.4 Å². The summed E-state index contributed by atoms with van der Waals surface area (Å²) >= 11 is 0. The van der Waals surface area contributed by atoms with Crippen molar-refractivity contribution in [2.75, 3.05) is 0 Å². The molecular weight excluding hydrogens is 283 g/mol. The Labute approximate surface area is 127 Å². The van der Waals surface area contributed by atoms with E-state index < -0.39 is 5.91 Å².